The molecule has 0 aliphatic heterocycles. The summed E-state index contributed by atoms with van der Waals surface area (Å²) < 4.78 is 0. The number of hydrogen-bond acceptors (Lipinski definition) is 2. The van der Waals surface area contributed by atoms with Crippen LogP contribution in [-0.2, 0) is 4.79 Å². The molecule has 0 aromatic carbocycles. The topological polar surface area (TPSA) is 41.1 Å². The highest BCUT2D eigenvalue weighted by molar-refractivity contribution is 5.85. The summed E-state index contributed by atoms with van der Waals surface area (Å²) in [6, 6.07) is 0. The van der Waals surface area contributed by atoms with E-state index >= 15 is 0 Å². The summed E-state index contributed by atoms with van der Waals surface area (Å²) in [6.45, 7) is 4.63. The molecule has 0 spiro atoms. The molecule has 0 aromatic rings. The zero-order chi connectivity index (χ0) is 10.7. The summed E-state index contributed by atoms with van der Waals surface area (Å²) in [5, 5.41) is 6.23. The van der Waals surface area contributed by atoms with E-state index in [-0.39, 0.29) is 18.3 Å². The lowest BCUT2D eigenvalue weighted by Crippen LogP contribution is -2.43. The standard InChI is InChI=1S/C12H22N2O.ClH/c1-12(5-2-6-12)9-14-11(15)8-13-7-10-3-4-10;/h10,13H,2-9H2,1H3,(H,14,15);1H. The minimum atomic E-state index is 0. The number of halogens is 1. The minimum absolute atomic E-state index is 0. The molecule has 4 heteroatoms. The maximum absolute atomic E-state index is 11.5. The van der Waals surface area contributed by atoms with Gasteiger partial charge in [0.1, 0.15) is 0 Å². The molecule has 0 heterocycles. The van der Waals surface area contributed by atoms with Crippen molar-refractivity contribution in [2.45, 2.75) is 39.0 Å². The first-order valence-corrected chi connectivity index (χ1v) is 6.15. The van der Waals surface area contributed by atoms with E-state index in [0.717, 1.165) is 19.0 Å². The van der Waals surface area contributed by atoms with E-state index in [1.165, 1.54) is 32.1 Å². The molecule has 2 rings (SSSR count). The molecule has 0 saturated heterocycles. The summed E-state index contributed by atoms with van der Waals surface area (Å²) in [5.41, 5.74) is 0.395. The van der Waals surface area contributed by atoms with Gasteiger partial charge >= 0.3 is 0 Å². The fourth-order valence-electron chi connectivity index (χ4n) is 2.04. The number of carbonyl (C=O) groups excluding carboxylic acids is 1. The summed E-state index contributed by atoms with van der Waals surface area (Å²) in [6.07, 6.45) is 6.54. The lowest BCUT2D eigenvalue weighted by molar-refractivity contribution is -0.121. The number of rotatable bonds is 6. The molecule has 94 valence electrons. The Bertz CT molecular complexity index is 237. The zero-order valence-corrected chi connectivity index (χ0v) is 10.9. The van der Waals surface area contributed by atoms with E-state index < -0.39 is 0 Å². The average molecular weight is 247 g/mol. The zero-order valence-electron chi connectivity index (χ0n) is 10.1. The lowest BCUT2D eigenvalue weighted by Gasteiger charge is -2.38. The summed E-state index contributed by atoms with van der Waals surface area (Å²) in [7, 11) is 0. The Labute approximate surface area is 104 Å². The van der Waals surface area contributed by atoms with Crippen molar-refractivity contribution in [3.05, 3.63) is 0 Å². The van der Waals surface area contributed by atoms with E-state index in [1.807, 2.05) is 0 Å². The summed E-state index contributed by atoms with van der Waals surface area (Å²) in [5.74, 6) is 1.01. The van der Waals surface area contributed by atoms with Gasteiger partial charge in [-0.1, -0.05) is 13.3 Å². The van der Waals surface area contributed by atoms with Gasteiger partial charge in [-0.25, -0.2) is 0 Å². The van der Waals surface area contributed by atoms with Crippen LogP contribution in [0.2, 0.25) is 0 Å². The first kappa shape index (κ1) is 13.8. The fraction of sp³-hybridized carbons (Fsp3) is 0.917. The number of carbonyl (C=O) groups is 1. The molecular weight excluding hydrogens is 224 g/mol. The van der Waals surface area contributed by atoms with Crippen molar-refractivity contribution in [3.8, 4) is 0 Å². The molecule has 2 aliphatic carbocycles. The smallest absolute Gasteiger partial charge is 0.233 e. The van der Waals surface area contributed by atoms with Crippen molar-refractivity contribution in [2.24, 2.45) is 11.3 Å². The Morgan fingerprint density at radius 3 is 2.56 bits per heavy atom. The molecule has 2 fully saturated rings. The number of hydrogen-bond donors (Lipinski definition) is 2. The van der Waals surface area contributed by atoms with Gasteiger partial charge in [0.25, 0.3) is 0 Å². The average Bonchev–Trinajstić information content (AvgIpc) is 2.95. The van der Waals surface area contributed by atoms with E-state index in [2.05, 4.69) is 17.6 Å². The summed E-state index contributed by atoms with van der Waals surface area (Å²) >= 11 is 0. The summed E-state index contributed by atoms with van der Waals surface area (Å²) in [4.78, 5) is 11.5. The van der Waals surface area contributed by atoms with Crippen LogP contribution in [0.25, 0.3) is 0 Å². The van der Waals surface area contributed by atoms with Crippen molar-refractivity contribution < 1.29 is 4.79 Å². The SMILES string of the molecule is CC1(CNC(=O)CNCC2CC2)CCC1.Cl. The van der Waals surface area contributed by atoms with Crippen LogP contribution in [0.5, 0.6) is 0 Å². The molecule has 0 atom stereocenters. The molecule has 0 radical (unpaired) electrons. The largest absolute Gasteiger partial charge is 0.354 e. The molecule has 2 saturated carbocycles. The lowest BCUT2D eigenvalue weighted by atomic mass is 9.70. The highest BCUT2D eigenvalue weighted by Gasteiger charge is 2.31. The Hall–Kier alpha value is -0.280. The second kappa shape index (κ2) is 5.87. The third-order valence-electron chi connectivity index (χ3n) is 3.69. The highest BCUT2D eigenvalue weighted by atomic mass is 35.5. The first-order valence-electron chi connectivity index (χ1n) is 6.15. The van der Waals surface area contributed by atoms with Crippen molar-refractivity contribution >= 4 is 18.3 Å². The van der Waals surface area contributed by atoms with E-state index in [9.17, 15) is 4.79 Å². The molecule has 0 bridgehead atoms. The van der Waals surface area contributed by atoms with Gasteiger partial charge in [0.05, 0.1) is 6.54 Å². The second-order valence-corrected chi connectivity index (χ2v) is 5.52. The van der Waals surface area contributed by atoms with Crippen molar-refractivity contribution in [2.75, 3.05) is 19.6 Å². The third-order valence-corrected chi connectivity index (χ3v) is 3.69. The normalized spacial score (nSPS) is 21.8. The van der Waals surface area contributed by atoms with Crippen LogP contribution in [-0.4, -0.2) is 25.5 Å². The van der Waals surface area contributed by atoms with Crippen LogP contribution in [0.4, 0.5) is 0 Å². The van der Waals surface area contributed by atoms with E-state index in [1.54, 1.807) is 0 Å². The van der Waals surface area contributed by atoms with Gasteiger partial charge in [-0.2, -0.15) is 0 Å². The number of nitrogens with one attached hydrogen (secondary N) is 2. The van der Waals surface area contributed by atoms with Crippen LogP contribution >= 0.6 is 12.4 Å². The van der Waals surface area contributed by atoms with Crippen LogP contribution in [0.1, 0.15) is 39.0 Å². The van der Waals surface area contributed by atoms with Crippen molar-refractivity contribution in [3.63, 3.8) is 0 Å². The maximum Gasteiger partial charge on any atom is 0.233 e. The highest BCUT2D eigenvalue weighted by Crippen LogP contribution is 2.39. The quantitative estimate of drug-likeness (QED) is 0.749. The van der Waals surface area contributed by atoms with Crippen LogP contribution in [0.15, 0.2) is 0 Å². The van der Waals surface area contributed by atoms with Crippen LogP contribution in [0, 0.1) is 11.3 Å². The van der Waals surface area contributed by atoms with E-state index in [0.29, 0.717) is 12.0 Å². The Morgan fingerprint density at radius 2 is 2.06 bits per heavy atom. The Kier molecular flexibility index (Phi) is 5.06. The van der Waals surface area contributed by atoms with Gasteiger partial charge in [-0.05, 0) is 43.6 Å². The van der Waals surface area contributed by atoms with Crippen molar-refractivity contribution in [1.29, 1.82) is 0 Å². The first-order chi connectivity index (χ1) is 7.18. The van der Waals surface area contributed by atoms with Crippen LogP contribution in [0.3, 0.4) is 0 Å². The maximum atomic E-state index is 11.5. The Balaban J connectivity index is 0.00000128. The molecule has 3 nitrogen and oxygen atoms in total. The Morgan fingerprint density at radius 1 is 1.38 bits per heavy atom. The molecular formula is C12H23ClN2O. The monoisotopic (exact) mass is 246 g/mol. The van der Waals surface area contributed by atoms with Crippen LogP contribution < -0.4 is 10.6 Å². The molecule has 0 aromatic heterocycles. The van der Waals surface area contributed by atoms with E-state index in [4.69, 9.17) is 0 Å². The molecule has 16 heavy (non-hydrogen) atoms. The number of amides is 1. The van der Waals surface area contributed by atoms with Gasteiger partial charge in [-0.3, -0.25) is 4.79 Å². The van der Waals surface area contributed by atoms with Crippen molar-refractivity contribution in [1.82, 2.24) is 10.6 Å². The van der Waals surface area contributed by atoms with Gasteiger partial charge in [-0.15, -0.1) is 12.4 Å². The predicted octanol–water partition coefficient (Wildman–Crippen LogP) is 1.71. The van der Waals surface area contributed by atoms with Gasteiger partial charge < -0.3 is 10.6 Å². The molecule has 0 unspecified atom stereocenters. The van der Waals surface area contributed by atoms with Gasteiger partial charge in [0, 0.05) is 6.54 Å². The third kappa shape index (κ3) is 4.30. The molecule has 1 amide bonds. The molecule has 2 aliphatic rings. The second-order valence-electron chi connectivity index (χ2n) is 5.52. The predicted molar refractivity (Wildman–Crippen MR) is 67.8 cm³/mol. The molecule has 2 N–H and O–H groups in total. The minimum Gasteiger partial charge on any atom is -0.354 e. The van der Waals surface area contributed by atoms with Gasteiger partial charge in [0.2, 0.25) is 5.91 Å². The van der Waals surface area contributed by atoms with Gasteiger partial charge in [0.15, 0.2) is 0 Å². The fourth-order valence-corrected chi connectivity index (χ4v) is 2.04.